The molecule has 3 heterocycles. The first-order chi connectivity index (χ1) is 13.5. The molecule has 1 aromatic rings. The topological polar surface area (TPSA) is 136 Å². The van der Waals surface area contributed by atoms with E-state index in [2.05, 4.69) is 27.1 Å². The van der Waals surface area contributed by atoms with Crippen molar-refractivity contribution in [1.82, 2.24) is 4.90 Å². The quantitative estimate of drug-likeness (QED) is 0.527. The molecular formula is C19H23N5O4. The zero-order valence-corrected chi connectivity index (χ0v) is 15.2. The highest BCUT2D eigenvalue weighted by Crippen LogP contribution is 2.54. The van der Waals surface area contributed by atoms with Gasteiger partial charge in [0.05, 0.1) is 6.61 Å². The van der Waals surface area contributed by atoms with E-state index in [0.717, 1.165) is 6.42 Å². The fourth-order valence-corrected chi connectivity index (χ4v) is 4.46. The average Bonchev–Trinajstić information content (AvgIpc) is 3.35. The number of benzene rings is 1. The van der Waals surface area contributed by atoms with Gasteiger partial charge in [-0.3, -0.25) is 4.99 Å². The lowest BCUT2D eigenvalue weighted by Gasteiger charge is -2.32. The van der Waals surface area contributed by atoms with Gasteiger partial charge in [-0.2, -0.15) is 0 Å². The Hall–Kier alpha value is -2.17. The molecule has 0 bridgehead atoms. The minimum Gasteiger partial charge on any atom is -0.394 e. The zero-order chi connectivity index (χ0) is 19.5. The molecule has 1 aliphatic carbocycles. The van der Waals surface area contributed by atoms with Gasteiger partial charge in [-0.25, -0.2) is 9.98 Å². The second-order valence-corrected chi connectivity index (χ2v) is 7.73. The summed E-state index contributed by atoms with van der Waals surface area (Å²) in [4.78, 5) is 15.1. The van der Waals surface area contributed by atoms with Crippen molar-refractivity contribution in [2.75, 3.05) is 13.3 Å². The van der Waals surface area contributed by atoms with Crippen LogP contribution in [0.1, 0.15) is 17.9 Å². The molecule has 1 saturated heterocycles. The van der Waals surface area contributed by atoms with E-state index in [-0.39, 0.29) is 19.2 Å². The first kappa shape index (κ1) is 17.9. The van der Waals surface area contributed by atoms with E-state index in [9.17, 15) is 15.3 Å². The summed E-state index contributed by atoms with van der Waals surface area (Å²) in [6.45, 7) is -0.183. The molecule has 1 saturated carbocycles. The number of amidine groups is 1. The van der Waals surface area contributed by atoms with Crippen molar-refractivity contribution >= 4 is 17.9 Å². The van der Waals surface area contributed by atoms with Gasteiger partial charge in [0.25, 0.3) is 0 Å². The molecule has 28 heavy (non-hydrogen) atoms. The normalized spacial score (nSPS) is 41.6. The van der Waals surface area contributed by atoms with E-state index in [1.165, 1.54) is 11.9 Å². The van der Waals surface area contributed by atoms with Crippen molar-refractivity contribution in [2.45, 2.75) is 42.5 Å². The monoisotopic (exact) mass is 385 g/mol. The predicted molar refractivity (Wildman–Crippen MR) is 102 cm³/mol. The van der Waals surface area contributed by atoms with Crippen LogP contribution in [-0.2, 0) is 4.74 Å². The average molecular weight is 385 g/mol. The van der Waals surface area contributed by atoms with Crippen molar-refractivity contribution in [3.8, 4) is 0 Å². The Balaban J connectivity index is 1.38. The van der Waals surface area contributed by atoms with Gasteiger partial charge < -0.3 is 30.7 Å². The summed E-state index contributed by atoms with van der Waals surface area (Å²) >= 11 is 0. The summed E-state index contributed by atoms with van der Waals surface area (Å²) in [6.07, 6.45) is -1.71. The molecule has 2 fully saturated rings. The molecule has 0 aromatic heterocycles. The van der Waals surface area contributed by atoms with E-state index >= 15 is 0 Å². The second kappa shape index (κ2) is 6.43. The summed E-state index contributed by atoms with van der Waals surface area (Å²) in [6, 6.07) is 10.2. The van der Waals surface area contributed by atoms with Crippen molar-refractivity contribution in [2.24, 2.45) is 26.6 Å². The number of nitrogens with two attached hydrogens (primary N) is 1. The van der Waals surface area contributed by atoms with Gasteiger partial charge in [-0.15, -0.1) is 0 Å². The smallest absolute Gasteiger partial charge is 0.162 e. The van der Waals surface area contributed by atoms with Gasteiger partial charge in [-0.1, -0.05) is 30.3 Å². The molecule has 0 amide bonds. The molecular weight excluding hydrogens is 362 g/mol. The predicted octanol–water partition coefficient (Wildman–Crippen LogP) is -0.961. The van der Waals surface area contributed by atoms with Crippen LogP contribution in [0, 0.1) is 5.92 Å². The van der Waals surface area contributed by atoms with Crippen molar-refractivity contribution in [1.29, 1.82) is 0 Å². The summed E-state index contributed by atoms with van der Waals surface area (Å²) < 4.78 is 5.64. The molecule has 7 atom stereocenters. The number of hydrogen-bond donors (Lipinski definition) is 4. The van der Waals surface area contributed by atoms with Gasteiger partial charge in [0.15, 0.2) is 17.7 Å². The summed E-state index contributed by atoms with van der Waals surface area (Å²) in [5, 5.41) is 29.7. The van der Waals surface area contributed by atoms with Crippen LogP contribution in [0.5, 0.6) is 0 Å². The first-order valence-corrected chi connectivity index (χ1v) is 9.44. The number of aliphatic hydroxyl groups excluding tert-OH is 3. The maximum atomic E-state index is 10.4. The van der Waals surface area contributed by atoms with E-state index in [1.54, 1.807) is 4.90 Å². The fourth-order valence-electron chi connectivity index (χ4n) is 4.46. The van der Waals surface area contributed by atoms with Gasteiger partial charge in [0, 0.05) is 5.92 Å². The summed E-state index contributed by atoms with van der Waals surface area (Å²) in [7, 11) is 0. The Morgan fingerprint density at radius 1 is 1.21 bits per heavy atom. The van der Waals surface area contributed by atoms with Crippen LogP contribution in [0.4, 0.5) is 0 Å². The third-order valence-electron chi connectivity index (χ3n) is 6.10. The highest BCUT2D eigenvalue weighted by molar-refractivity contribution is 6.47. The van der Waals surface area contributed by atoms with Crippen molar-refractivity contribution in [3.63, 3.8) is 0 Å². The van der Waals surface area contributed by atoms with Gasteiger partial charge in [-0.05, 0) is 17.9 Å². The van der Waals surface area contributed by atoms with Crippen molar-refractivity contribution in [3.05, 3.63) is 35.9 Å². The molecule has 1 aromatic carbocycles. The number of fused-ring (bicyclic) bond motifs is 1. The number of ether oxygens (including phenoxy) is 1. The molecule has 9 heteroatoms. The third kappa shape index (κ3) is 2.55. The Labute approximate surface area is 161 Å². The van der Waals surface area contributed by atoms with Crippen LogP contribution in [0.2, 0.25) is 0 Å². The minimum atomic E-state index is -1.18. The van der Waals surface area contributed by atoms with Crippen LogP contribution < -0.4 is 5.73 Å². The Morgan fingerprint density at radius 3 is 2.71 bits per heavy atom. The Morgan fingerprint density at radius 2 is 2.00 bits per heavy atom. The van der Waals surface area contributed by atoms with Crippen LogP contribution >= 0.6 is 0 Å². The van der Waals surface area contributed by atoms with Crippen LogP contribution in [0.15, 0.2) is 45.3 Å². The maximum Gasteiger partial charge on any atom is 0.162 e. The standard InChI is InChI=1S/C19H23N5O4/c20-19(12-6-11(12)10-4-2-1-3-5-10)16-17(21-8-23-19)24(9-22-16)18-15(27)14(26)13(7-25)28-18/h1-5,8,11-15,18,25-27H,6-7,9,20H2/t11-,12+,13+,14+,15+,18+,19?/m0/s1. The van der Waals surface area contributed by atoms with Crippen LogP contribution in [0.25, 0.3) is 0 Å². The Bertz CT molecular complexity index is 859. The molecule has 0 radical (unpaired) electrons. The molecule has 4 aliphatic rings. The number of aliphatic imine (C=N–C) groups is 3. The van der Waals surface area contributed by atoms with Crippen LogP contribution in [0.3, 0.4) is 0 Å². The SMILES string of the molecule is NC1([C@@H]2C[C@H]2c2ccccc2)N=CN=C2C1=NCN2[C@@H]1O[C@H](CO)[C@@H](O)[C@H]1O. The molecule has 5 rings (SSSR count). The summed E-state index contributed by atoms with van der Waals surface area (Å²) in [5.41, 5.74) is 7.56. The lowest BCUT2D eigenvalue weighted by atomic mass is 9.94. The summed E-state index contributed by atoms with van der Waals surface area (Å²) in [5.74, 6) is 0.931. The molecule has 0 spiro atoms. The largest absolute Gasteiger partial charge is 0.394 e. The highest BCUT2D eigenvalue weighted by Gasteiger charge is 2.58. The molecule has 1 unspecified atom stereocenters. The van der Waals surface area contributed by atoms with Crippen LogP contribution in [-0.4, -0.2) is 81.6 Å². The second-order valence-electron chi connectivity index (χ2n) is 7.73. The number of hydrogen-bond acceptors (Lipinski definition) is 9. The van der Waals surface area contributed by atoms with E-state index in [1.807, 2.05) is 18.2 Å². The van der Waals surface area contributed by atoms with Gasteiger partial charge in [0.2, 0.25) is 0 Å². The highest BCUT2D eigenvalue weighted by atomic mass is 16.6. The van der Waals surface area contributed by atoms with E-state index in [0.29, 0.717) is 17.5 Å². The molecule has 3 aliphatic heterocycles. The molecule has 148 valence electrons. The number of nitrogens with zero attached hydrogens (tertiary/aromatic N) is 4. The zero-order valence-electron chi connectivity index (χ0n) is 15.2. The maximum absolute atomic E-state index is 10.4. The molecule has 9 nitrogen and oxygen atoms in total. The van der Waals surface area contributed by atoms with Gasteiger partial charge in [0.1, 0.15) is 37.0 Å². The third-order valence-corrected chi connectivity index (χ3v) is 6.10. The lowest BCUT2D eigenvalue weighted by Crippen LogP contribution is -2.57. The van der Waals surface area contributed by atoms with E-state index in [4.69, 9.17) is 10.5 Å². The fraction of sp³-hybridized carbons (Fsp3) is 0.526. The first-order valence-electron chi connectivity index (χ1n) is 9.44. The molecule has 5 N–H and O–H groups in total. The lowest BCUT2D eigenvalue weighted by molar-refractivity contribution is -0.0688. The van der Waals surface area contributed by atoms with Gasteiger partial charge >= 0.3 is 0 Å². The minimum absolute atomic E-state index is 0.112. The number of rotatable bonds is 4. The van der Waals surface area contributed by atoms with E-state index < -0.39 is 30.2 Å². The van der Waals surface area contributed by atoms with Crippen molar-refractivity contribution < 1.29 is 20.1 Å². The number of aliphatic hydroxyl groups is 3. The Kier molecular flexibility index (Phi) is 4.11.